The Balaban J connectivity index is 1.82. The first-order valence-corrected chi connectivity index (χ1v) is 7.96. The van der Waals surface area contributed by atoms with Crippen LogP contribution < -0.4 is 5.32 Å². The zero-order chi connectivity index (χ0) is 18.8. The number of rotatable bonds is 4. The predicted octanol–water partition coefficient (Wildman–Crippen LogP) is 2.47. The molecule has 0 aliphatic carbocycles. The smallest absolute Gasteiger partial charge is 0.337 e. The third-order valence-corrected chi connectivity index (χ3v) is 4.13. The number of aromatic nitrogens is 4. The van der Waals surface area contributed by atoms with Gasteiger partial charge in [-0.15, -0.1) is 0 Å². The van der Waals surface area contributed by atoms with Crippen LogP contribution in [0.5, 0.6) is 0 Å². The molecule has 0 spiro atoms. The van der Waals surface area contributed by atoms with Crippen LogP contribution in [0.1, 0.15) is 32.2 Å². The second-order valence-electron chi connectivity index (χ2n) is 5.86. The van der Waals surface area contributed by atoms with Gasteiger partial charge in [0.2, 0.25) is 0 Å². The van der Waals surface area contributed by atoms with Crippen molar-refractivity contribution in [3.05, 3.63) is 53.0 Å². The van der Waals surface area contributed by atoms with E-state index in [9.17, 15) is 9.59 Å². The quantitative estimate of drug-likeness (QED) is 0.702. The van der Waals surface area contributed by atoms with Crippen molar-refractivity contribution in [1.29, 1.82) is 0 Å². The fourth-order valence-corrected chi connectivity index (χ4v) is 2.75. The van der Waals surface area contributed by atoms with Crippen molar-refractivity contribution in [3.63, 3.8) is 0 Å². The van der Waals surface area contributed by atoms with E-state index in [4.69, 9.17) is 0 Å². The van der Waals surface area contributed by atoms with E-state index in [2.05, 4.69) is 25.3 Å². The van der Waals surface area contributed by atoms with Crippen LogP contribution in [0, 0.1) is 13.8 Å². The van der Waals surface area contributed by atoms with E-state index < -0.39 is 5.97 Å². The minimum Gasteiger partial charge on any atom is -0.465 e. The Kier molecular flexibility index (Phi) is 4.57. The number of nitrogens with zero attached hydrogens (tertiary/aromatic N) is 3. The number of benzene rings is 1. The Labute approximate surface area is 150 Å². The molecule has 2 heterocycles. The normalized spacial score (nSPS) is 10.6. The third-order valence-electron chi connectivity index (χ3n) is 4.13. The number of carbonyl (C=O) groups excluding carboxylic acids is 2. The van der Waals surface area contributed by atoms with Crippen molar-refractivity contribution in [2.24, 2.45) is 7.05 Å². The van der Waals surface area contributed by atoms with Crippen molar-refractivity contribution in [2.45, 2.75) is 13.8 Å². The molecule has 0 aliphatic heterocycles. The number of esters is 1. The van der Waals surface area contributed by atoms with Crippen LogP contribution in [-0.2, 0) is 11.8 Å². The standard InChI is InChI=1S/C18H19N5O3/c1-10-16(11(2)23(3)22-10)14-9-15(21-20-14)17(24)19-13-7-5-6-12(8-13)18(25)26-4/h5-9H,1-4H3,(H,19,24)(H,20,21). The summed E-state index contributed by atoms with van der Waals surface area (Å²) in [6.45, 7) is 3.84. The largest absolute Gasteiger partial charge is 0.465 e. The number of methoxy groups -OCH3 is 1. The SMILES string of the molecule is COC(=O)c1cccc(NC(=O)c2cc(-c3c(C)nn(C)c3C)n[nH]2)c1. The number of carbonyl (C=O) groups is 2. The molecule has 0 aliphatic rings. The second-order valence-corrected chi connectivity index (χ2v) is 5.86. The number of hydrogen-bond acceptors (Lipinski definition) is 5. The van der Waals surface area contributed by atoms with Gasteiger partial charge in [0.25, 0.3) is 5.91 Å². The number of aryl methyl sites for hydroxylation is 2. The van der Waals surface area contributed by atoms with Gasteiger partial charge in [-0.3, -0.25) is 14.6 Å². The minimum atomic E-state index is -0.465. The first-order valence-electron chi connectivity index (χ1n) is 7.96. The molecule has 8 nitrogen and oxygen atoms in total. The molecule has 0 saturated carbocycles. The van der Waals surface area contributed by atoms with E-state index in [0.717, 1.165) is 17.0 Å². The van der Waals surface area contributed by atoms with Gasteiger partial charge in [-0.2, -0.15) is 10.2 Å². The average molecular weight is 353 g/mol. The first kappa shape index (κ1) is 17.4. The lowest BCUT2D eigenvalue weighted by molar-refractivity contribution is 0.0600. The molecule has 2 aromatic heterocycles. The molecular formula is C18H19N5O3. The molecule has 0 radical (unpaired) electrons. The van der Waals surface area contributed by atoms with Gasteiger partial charge in [0.05, 0.1) is 24.1 Å². The van der Waals surface area contributed by atoms with Gasteiger partial charge in [0.1, 0.15) is 5.69 Å². The molecule has 0 unspecified atom stereocenters. The third kappa shape index (κ3) is 3.21. The predicted molar refractivity (Wildman–Crippen MR) is 96.0 cm³/mol. The van der Waals surface area contributed by atoms with Gasteiger partial charge in [-0.1, -0.05) is 6.07 Å². The number of nitrogens with one attached hydrogen (secondary N) is 2. The molecule has 0 fully saturated rings. The Morgan fingerprint density at radius 1 is 1.23 bits per heavy atom. The molecule has 134 valence electrons. The number of H-pyrrole nitrogens is 1. The second kappa shape index (κ2) is 6.83. The van der Waals surface area contributed by atoms with Crippen molar-refractivity contribution >= 4 is 17.6 Å². The van der Waals surface area contributed by atoms with Crippen LogP contribution >= 0.6 is 0 Å². The van der Waals surface area contributed by atoms with E-state index in [1.807, 2.05) is 20.9 Å². The summed E-state index contributed by atoms with van der Waals surface area (Å²) < 4.78 is 6.46. The highest BCUT2D eigenvalue weighted by atomic mass is 16.5. The van der Waals surface area contributed by atoms with E-state index >= 15 is 0 Å². The molecule has 26 heavy (non-hydrogen) atoms. The monoisotopic (exact) mass is 353 g/mol. The van der Waals surface area contributed by atoms with Crippen molar-refractivity contribution in [2.75, 3.05) is 12.4 Å². The molecule has 3 rings (SSSR count). The fourth-order valence-electron chi connectivity index (χ4n) is 2.75. The zero-order valence-corrected chi connectivity index (χ0v) is 15.0. The number of anilines is 1. The summed E-state index contributed by atoms with van der Waals surface area (Å²) in [7, 11) is 3.17. The van der Waals surface area contributed by atoms with Crippen LogP contribution in [0.3, 0.4) is 0 Å². The van der Waals surface area contributed by atoms with E-state index in [1.54, 1.807) is 35.0 Å². The fraction of sp³-hybridized carbons (Fsp3) is 0.222. The molecule has 0 bridgehead atoms. The number of ether oxygens (including phenoxy) is 1. The molecular weight excluding hydrogens is 334 g/mol. The van der Waals surface area contributed by atoms with Crippen molar-refractivity contribution < 1.29 is 14.3 Å². The Hall–Kier alpha value is -3.42. The Morgan fingerprint density at radius 2 is 2.00 bits per heavy atom. The van der Waals surface area contributed by atoms with Crippen molar-refractivity contribution in [1.82, 2.24) is 20.0 Å². The highest BCUT2D eigenvalue weighted by Gasteiger charge is 2.17. The van der Waals surface area contributed by atoms with Crippen molar-refractivity contribution in [3.8, 4) is 11.3 Å². The maximum Gasteiger partial charge on any atom is 0.337 e. The number of aromatic amines is 1. The van der Waals surface area contributed by atoms with Gasteiger partial charge in [0.15, 0.2) is 0 Å². The molecule has 3 aromatic rings. The minimum absolute atomic E-state index is 0.311. The summed E-state index contributed by atoms with van der Waals surface area (Å²) in [5.41, 5.74) is 4.52. The topological polar surface area (TPSA) is 102 Å². The highest BCUT2D eigenvalue weighted by molar-refractivity contribution is 6.04. The Morgan fingerprint density at radius 3 is 2.65 bits per heavy atom. The molecule has 0 saturated heterocycles. The summed E-state index contributed by atoms with van der Waals surface area (Å²) >= 11 is 0. The summed E-state index contributed by atoms with van der Waals surface area (Å²) in [4.78, 5) is 24.1. The van der Waals surface area contributed by atoms with Gasteiger partial charge >= 0.3 is 5.97 Å². The first-order chi connectivity index (χ1) is 12.4. The average Bonchev–Trinajstić information content (AvgIpc) is 3.19. The molecule has 1 aromatic carbocycles. The van der Waals surface area contributed by atoms with Gasteiger partial charge < -0.3 is 10.1 Å². The summed E-state index contributed by atoms with van der Waals surface area (Å²) in [5.74, 6) is -0.822. The van der Waals surface area contributed by atoms with E-state index in [1.165, 1.54) is 7.11 Å². The highest BCUT2D eigenvalue weighted by Crippen LogP contribution is 2.25. The molecule has 0 atom stereocenters. The maximum absolute atomic E-state index is 12.5. The van der Waals surface area contributed by atoms with Crippen LogP contribution in [0.2, 0.25) is 0 Å². The lowest BCUT2D eigenvalue weighted by atomic mass is 10.1. The Bertz CT molecular complexity index is 987. The van der Waals surface area contributed by atoms with Gasteiger partial charge in [0, 0.05) is 24.0 Å². The van der Waals surface area contributed by atoms with Crippen LogP contribution in [0.25, 0.3) is 11.3 Å². The van der Waals surface area contributed by atoms with E-state index in [0.29, 0.717) is 22.6 Å². The summed E-state index contributed by atoms with van der Waals surface area (Å²) in [5, 5.41) is 14.1. The van der Waals surface area contributed by atoms with Crippen LogP contribution in [0.15, 0.2) is 30.3 Å². The summed E-state index contributed by atoms with van der Waals surface area (Å²) in [6.07, 6.45) is 0. The number of amides is 1. The molecule has 8 heteroatoms. The summed E-state index contributed by atoms with van der Waals surface area (Å²) in [6, 6.07) is 8.20. The number of hydrogen-bond donors (Lipinski definition) is 2. The zero-order valence-electron chi connectivity index (χ0n) is 15.0. The van der Waals surface area contributed by atoms with Gasteiger partial charge in [-0.25, -0.2) is 4.79 Å². The molecule has 2 N–H and O–H groups in total. The lowest BCUT2D eigenvalue weighted by Gasteiger charge is -2.05. The van der Waals surface area contributed by atoms with Gasteiger partial charge in [-0.05, 0) is 38.1 Å². The maximum atomic E-state index is 12.5. The van der Waals surface area contributed by atoms with E-state index in [-0.39, 0.29) is 5.91 Å². The van der Waals surface area contributed by atoms with Crippen LogP contribution in [0.4, 0.5) is 5.69 Å². The molecule has 1 amide bonds. The van der Waals surface area contributed by atoms with Crippen LogP contribution in [-0.4, -0.2) is 39.0 Å². The lowest BCUT2D eigenvalue weighted by Crippen LogP contribution is -2.13.